The van der Waals surface area contributed by atoms with Crippen molar-refractivity contribution in [2.24, 2.45) is 0 Å². The molecule has 0 aliphatic rings. The third-order valence-corrected chi connectivity index (χ3v) is 1.50. The molecule has 0 bridgehead atoms. The molecule has 0 aromatic heterocycles. The maximum Gasteiger partial charge on any atom is 0.264 e. The molecule has 55 valence electrons. The normalized spacial score (nSPS) is 11.8. The summed E-state index contributed by atoms with van der Waals surface area (Å²) in [5, 5.41) is 0. The number of rotatable bonds is 4. The van der Waals surface area contributed by atoms with Gasteiger partial charge in [0.25, 0.3) is 10.1 Å². The maximum atomic E-state index is 9.99. The van der Waals surface area contributed by atoms with Gasteiger partial charge in [0.15, 0.2) is 0 Å². The van der Waals surface area contributed by atoms with Crippen LogP contribution in [0.3, 0.4) is 0 Å². The predicted molar refractivity (Wildman–Crippen MR) is 32.3 cm³/mol. The van der Waals surface area contributed by atoms with Crippen molar-refractivity contribution in [3.8, 4) is 0 Å². The number of hydrogen-bond donors (Lipinski definition) is 1. The van der Waals surface area contributed by atoms with E-state index in [1.54, 1.807) is 0 Å². The molecule has 0 aromatic rings. The minimum Gasteiger partial charge on any atom is -0.379 e. The summed E-state index contributed by atoms with van der Waals surface area (Å²) in [6.07, 6.45) is 0.280. The van der Waals surface area contributed by atoms with Crippen LogP contribution in [0.2, 0.25) is 0 Å². The fourth-order valence-electron chi connectivity index (χ4n) is 0.343. The molecule has 0 fully saturated rings. The van der Waals surface area contributed by atoms with Crippen LogP contribution in [-0.2, 0) is 14.9 Å². The lowest BCUT2D eigenvalue weighted by atomic mass is 10.5. The van der Waals surface area contributed by atoms with Gasteiger partial charge in [-0.25, -0.2) is 0 Å². The Hall–Kier alpha value is -0.130. The second-order valence-electron chi connectivity index (χ2n) is 1.55. The summed E-state index contributed by atoms with van der Waals surface area (Å²) in [7, 11) is -0.775. The Labute approximate surface area is 54.6 Å². The van der Waals surface area contributed by atoms with Crippen LogP contribution < -0.4 is 0 Å². The smallest absolute Gasteiger partial charge is 0.264 e. The van der Waals surface area contributed by atoms with Gasteiger partial charge >= 0.3 is 0 Å². The van der Waals surface area contributed by atoms with Gasteiger partial charge in [-0.1, -0.05) is 0 Å². The molecule has 0 unspecified atom stereocenters. The first-order valence-electron chi connectivity index (χ1n) is 2.38. The molecule has 0 atom stereocenters. The molecule has 1 N–H and O–H groups in total. The summed E-state index contributed by atoms with van der Waals surface area (Å²) in [5.74, 6) is -0.261. The SMILES string of the molecule is [CH2]OCCCS(=O)(=O)O. The van der Waals surface area contributed by atoms with Crippen LogP contribution >= 0.6 is 0 Å². The Kier molecular flexibility index (Phi) is 3.76. The average Bonchev–Trinajstić information content (AvgIpc) is 1.63. The summed E-state index contributed by atoms with van der Waals surface area (Å²) < 4.78 is 32.4. The van der Waals surface area contributed by atoms with Gasteiger partial charge in [0.2, 0.25) is 0 Å². The van der Waals surface area contributed by atoms with Crippen LogP contribution in [0, 0.1) is 7.11 Å². The van der Waals surface area contributed by atoms with E-state index in [-0.39, 0.29) is 18.8 Å². The molecule has 1 radical (unpaired) electrons. The summed E-state index contributed by atoms with van der Waals surface area (Å²) in [5.41, 5.74) is 0. The third-order valence-electron chi connectivity index (χ3n) is 0.691. The van der Waals surface area contributed by atoms with E-state index in [2.05, 4.69) is 11.8 Å². The van der Waals surface area contributed by atoms with Gasteiger partial charge in [-0.2, -0.15) is 8.42 Å². The molecular formula is C4H9O4S. The lowest BCUT2D eigenvalue weighted by molar-refractivity contribution is 0.242. The first kappa shape index (κ1) is 8.87. The molecule has 0 heterocycles. The van der Waals surface area contributed by atoms with Gasteiger partial charge in [0.1, 0.15) is 0 Å². The Bertz CT molecular complexity index is 148. The molecule has 0 saturated heterocycles. The van der Waals surface area contributed by atoms with Crippen LogP contribution in [0.25, 0.3) is 0 Å². The minimum absolute atomic E-state index is 0.250. The van der Waals surface area contributed by atoms with Crippen molar-refractivity contribution in [1.29, 1.82) is 0 Å². The van der Waals surface area contributed by atoms with Crippen LogP contribution in [0.15, 0.2) is 0 Å². The van der Waals surface area contributed by atoms with E-state index in [1.807, 2.05) is 0 Å². The van der Waals surface area contributed by atoms with Gasteiger partial charge in [0, 0.05) is 6.61 Å². The largest absolute Gasteiger partial charge is 0.379 e. The monoisotopic (exact) mass is 153 g/mol. The fourth-order valence-corrected chi connectivity index (χ4v) is 0.826. The third kappa shape index (κ3) is 7.87. The fraction of sp³-hybridized carbons (Fsp3) is 0.750. The van der Waals surface area contributed by atoms with Crippen molar-refractivity contribution in [3.63, 3.8) is 0 Å². The molecule has 4 nitrogen and oxygen atoms in total. The Morgan fingerprint density at radius 1 is 1.56 bits per heavy atom. The van der Waals surface area contributed by atoms with E-state index in [1.165, 1.54) is 0 Å². The first-order valence-corrected chi connectivity index (χ1v) is 3.99. The highest BCUT2D eigenvalue weighted by Gasteiger charge is 2.01. The van der Waals surface area contributed by atoms with Crippen molar-refractivity contribution in [2.45, 2.75) is 6.42 Å². The van der Waals surface area contributed by atoms with Crippen LogP contribution in [0.5, 0.6) is 0 Å². The zero-order valence-electron chi connectivity index (χ0n) is 4.91. The van der Waals surface area contributed by atoms with Gasteiger partial charge in [-0.15, -0.1) is 0 Å². The Morgan fingerprint density at radius 3 is 2.44 bits per heavy atom. The predicted octanol–water partition coefficient (Wildman–Crippen LogP) is 0.0725. The van der Waals surface area contributed by atoms with Crippen molar-refractivity contribution in [3.05, 3.63) is 7.11 Å². The molecule has 5 heteroatoms. The van der Waals surface area contributed by atoms with Gasteiger partial charge in [-0.05, 0) is 6.42 Å². The first-order chi connectivity index (χ1) is 4.06. The van der Waals surface area contributed by atoms with Gasteiger partial charge in [0.05, 0.1) is 12.9 Å². The molecule has 0 spiro atoms. The van der Waals surface area contributed by atoms with Crippen molar-refractivity contribution >= 4 is 10.1 Å². The highest BCUT2D eigenvalue weighted by Crippen LogP contribution is 1.87. The van der Waals surface area contributed by atoms with Crippen molar-refractivity contribution in [1.82, 2.24) is 0 Å². The van der Waals surface area contributed by atoms with Gasteiger partial charge in [-0.3, -0.25) is 4.55 Å². The quantitative estimate of drug-likeness (QED) is 0.458. The summed E-state index contributed by atoms with van der Waals surface area (Å²) in [6, 6.07) is 0. The van der Waals surface area contributed by atoms with Crippen LogP contribution in [-0.4, -0.2) is 25.3 Å². The number of ether oxygens (including phenoxy) is 1. The average molecular weight is 153 g/mol. The topological polar surface area (TPSA) is 63.6 Å². The lowest BCUT2D eigenvalue weighted by Gasteiger charge is -1.94. The second kappa shape index (κ2) is 3.81. The van der Waals surface area contributed by atoms with E-state index < -0.39 is 10.1 Å². The van der Waals surface area contributed by atoms with Gasteiger partial charge < -0.3 is 4.74 Å². The molecule has 0 aromatic carbocycles. The molecule has 0 amide bonds. The van der Waals surface area contributed by atoms with Crippen molar-refractivity contribution in [2.75, 3.05) is 12.4 Å². The van der Waals surface area contributed by atoms with E-state index in [4.69, 9.17) is 4.55 Å². The van der Waals surface area contributed by atoms with E-state index >= 15 is 0 Å². The standard InChI is InChI=1S/C4H9O4S/c1-8-3-2-4-9(5,6)7/h1-4H2,(H,5,6,7). The molecule has 9 heavy (non-hydrogen) atoms. The molecule has 0 aliphatic carbocycles. The Morgan fingerprint density at radius 2 is 2.11 bits per heavy atom. The zero-order chi connectivity index (χ0) is 7.33. The molecular weight excluding hydrogens is 144 g/mol. The van der Waals surface area contributed by atoms with E-state index in [0.717, 1.165) is 0 Å². The Balaban J connectivity index is 3.30. The van der Waals surface area contributed by atoms with Crippen LogP contribution in [0.4, 0.5) is 0 Å². The van der Waals surface area contributed by atoms with E-state index in [9.17, 15) is 8.42 Å². The number of hydrogen-bond acceptors (Lipinski definition) is 3. The minimum atomic E-state index is -3.80. The molecule has 0 saturated carbocycles. The van der Waals surface area contributed by atoms with E-state index in [0.29, 0.717) is 0 Å². The lowest BCUT2D eigenvalue weighted by Crippen LogP contribution is -2.05. The van der Waals surface area contributed by atoms with Crippen molar-refractivity contribution < 1.29 is 17.7 Å². The summed E-state index contributed by atoms with van der Waals surface area (Å²) in [4.78, 5) is 0. The second-order valence-corrected chi connectivity index (χ2v) is 3.12. The molecule has 0 aliphatic heterocycles. The summed E-state index contributed by atoms with van der Waals surface area (Å²) >= 11 is 0. The highest BCUT2D eigenvalue weighted by molar-refractivity contribution is 7.85. The zero-order valence-corrected chi connectivity index (χ0v) is 5.73. The summed E-state index contributed by atoms with van der Waals surface area (Å²) in [6.45, 7) is 0.250. The van der Waals surface area contributed by atoms with Crippen LogP contribution in [0.1, 0.15) is 6.42 Å². The maximum absolute atomic E-state index is 9.99. The molecule has 0 rings (SSSR count). The highest BCUT2D eigenvalue weighted by atomic mass is 32.2.